The summed E-state index contributed by atoms with van der Waals surface area (Å²) < 4.78 is 0. The van der Waals surface area contributed by atoms with Crippen LogP contribution in [0.25, 0.3) is 0 Å². The summed E-state index contributed by atoms with van der Waals surface area (Å²) in [6.45, 7) is 8.32. The minimum Gasteiger partial charge on any atom is -0.375 e. The third-order valence-electron chi connectivity index (χ3n) is 7.21. The van der Waals surface area contributed by atoms with E-state index < -0.39 is 5.60 Å². The number of benzene rings is 1. The second-order valence-electron chi connectivity index (χ2n) is 9.32. The largest absolute Gasteiger partial charge is 0.375 e. The molecule has 1 aromatic rings. The Morgan fingerprint density at radius 3 is 2.43 bits per heavy atom. The first-order valence-electron chi connectivity index (χ1n) is 10.9. The number of likely N-dealkylation sites (tertiary alicyclic amines) is 1. The molecular weight excluding hydrogens is 348 g/mol. The van der Waals surface area contributed by atoms with Gasteiger partial charge in [0.15, 0.2) is 5.60 Å². The van der Waals surface area contributed by atoms with E-state index in [0.717, 1.165) is 50.9 Å². The third-order valence-corrected chi connectivity index (χ3v) is 7.21. The van der Waals surface area contributed by atoms with Gasteiger partial charge >= 0.3 is 0 Å². The Morgan fingerprint density at radius 1 is 1.18 bits per heavy atom. The maximum Gasteiger partial charge on any atom is 0.256 e. The molecule has 4 heteroatoms. The van der Waals surface area contributed by atoms with Gasteiger partial charge in [0.25, 0.3) is 5.91 Å². The Labute approximate surface area is 169 Å². The minimum absolute atomic E-state index is 0.0214. The van der Waals surface area contributed by atoms with Crippen molar-refractivity contribution in [2.24, 2.45) is 23.7 Å². The van der Waals surface area contributed by atoms with Crippen LogP contribution in [0, 0.1) is 23.7 Å². The number of nitrogens with zero attached hydrogens (tertiary/aromatic N) is 1. The summed E-state index contributed by atoms with van der Waals surface area (Å²) in [5.74, 6) is 1.82. The molecule has 3 unspecified atom stereocenters. The fourth-order valence-corrected chi connectivity index (χ4v) is 5.43. The summed E-state index contributed by atoms with van der Waals surface area (Å²) >= 11 is 0. The maximum absolute atomic E-state index is 13.2. The van der Waals surface area contributed by atoms with Gasteiger partial charge in [-0.15, -0.1) is 0 Å². The molecule has 0 radical (unpaired) electrons. The van der Waals surface area contributed by atoms with Crippen molar-refractivity contribution < 1.29 is 9.90 Å². The summed E-state index contributed by atoms with van der Waals surface area (Å²) in [5, 5.41) is 14.7. The number of hydrogen-bond acceptors (Lipinski definition) is 3. The van der Waals surface area contributed by atoms with Crippen molar-refractivity contribution in [3.8, 4) is 0 Å². The Bertz CT molecular complexity index is 709. The van der Waals surface area contributed by atoms with Crippen LogP contribution in [0.5, 0.6) is 0 Å². The Balaban J connectivity index is 1.35. The molecule has 1 aliphatic heterocycles. The van der Waals surface area contributed by atoms with E-state index in [2.05, 4.69) is 30.1 Å². The zero-order chi connectivity index (χ0) is 19.7. The van der Waals surface area contributed by atoms with Gasteiger partial charge in [0.05, 0.1) is 0 Å². The molecule has 4 rings (SSSR count). The second-order valence-corrected chi connectivity index (χ2v) is 9.32. The number of allylic oxidation sites excluding steroid dienone is 1. The number of amides is 1. The van der Waals surface area contributed by atoms with E-state index >= 15 is 0 Å². The first-order valence-corrected chi connectivity index (χ1v) is 10.9. The van der Waals surface area contributed by atoms with Gasteiger partial charge in [0.2, 0.25) is 0 Å². The van der Waals surface area contributed by atoms with Crippen LogP contribution in [0.1, 0.15) is 45.1 Å². The fourth-order valence-electron chi connectivity index (χ4n) is 5.43. The van der Waals surface area contributed by atoms with Crippen LogP contribution in [-0.4, -0.2) is 42.1 Å². The molecule has 3 aliphatic rings. The maximum atomic E-state index is 13.2. The number of hydrogen-bond donors (Lipinski definition) is 2. The number of rotatable bonds is 7. The summed E-state index contributed by atoms with van der Waals surface area (Å²) in [7, 11) is 0. The van der Waals surface area contributed by atoms with E-state index in [9.17, 15) is 9.90 Å². The number of carbonyl (C=O) groups is 1. The van der Waals surface area contributed by atoms with Gasteiger partial charge in [0.1, 0.15) is 0 Å². The lowest BCUT2D eigenvalue weighted by Gasteiger charge is -2.33. The molecule has 2 aliphatic carbocycles. The molecule has 0 aromatic heterocycles. The number of fused-ring (bicyclic) bond motifs is 1. The van der Waals surface area contributed by atoms with Crippen LogP contribution in [0.2, 0.25) is 0 Å². The third kappa shape index (κ3) is 3.77. The predicted molar refractivity (Wildman–Crippen MR) is 112 cm³/mol. The molecule has 2 N–H and O–H groups in total. The smallest absolute Gasteiger partial charge is 0.256 e. The van der Waals surface area contributed by atoms with E-state index in [4.69, 9.17) is 0 Å². The van der Waals surface area contributed by atoms with Gasteiger partial charge in [0, 0.05) is 32.1 Å². The summed E-state index contributed by atoms with van der Waals surface area (Å²) in [6, 6.07) is 9.54. The summed E-state index contributed by atoms with van der Waals surface area (Å²) in [4.78, 5) is 15.7. The lowest BCUT2D eigenvalue weighted by molar-refractivity contribution is -0.147. The van der Waals surface area contributed by atoms with Gasteiger partial charge in [-0.3, -0.25) is 9.69 Å². The van der Waals surface area contributed by atoms with Crippen molar-refractivity contribution in [2.75, 3.05) is 26.2 Å². The minimum atomic E-state index is -1.39. The normalized spacial score (nSPS) is 29.2. The number of nitrogens with one attached hydrogen (secondary N) is 1. The number of aliphatic hydroxyl groups is 1. The molecule has 3 atom stereocenters. The summed E-state index contributed by atoms with van der Waals surface area (Å²) in [6.07, 6.45) is 6.34. The van der Waals surface area contributed by atoms with Gasteiger partial charge in [-0.25, -0.2) is 0 Å². The Kier molecular flexibility index (Phi) is 5.62. The van der Waals surface area contributed by atoms with E-state index in [-0.39, 0.29) is 11.8 Å². The molecule has 3 fully saturated rings. The zero-order valence-electron chi connectivity index (χ0n) is 17.2. The van der Waals surface area contributed by atoms with E-state index in [1.54, 1.807) is 0 Å². The zero-order valence-corrected chi connectivity index (χ0v) is 17.2. The molecule has 1 aromatic carbocycles. The van der Waals surface area contributed by atoms with Gasteiger partial charge in [-0.2, -0.15) is 0 Å². The number of piperidine rings is 1. The van der Waals surface area contributed by atoms with Gasteiger partial charge in [-0.05, 0) is 50.0 Å². The van der Waals surface area contributed by atoms with Crippen LogP contribution < -0.4 is 5.32 Å². The van der Waals surface area contributed by atoms with Crippen LogP contribution in [0.4, 0.5) is 0 Å². The van der Waals surface area contributed by atoms with Crippen LogP contribution in [0.3, 0.4) is 0 Å². The highest BCUT2D eigenvalue weighted by atomic mass is 16.3. The topological polar surface area (TPSA) is 52.6 Å². The van der Waals surface area contributed by atoms with Crippen LogP contribution in [0.15, 0.2) is 42.0 Å². The lowest BCUT2D eigenvalue weighted by atomic mass is 9.79. The molecule has 2 saturated carbocycles. The monoisotopic (exact) mass is 382 g/mol. The molecule has 1 amide bonds. The fraction of sp³-hybridized carbons (Fsp3) is 0.625. The van der Waals surface area contributed by atoms with Crippen molar-refractivity contribution >= 4 is 5.91 Å². The summed E-state index contributed by atoms with van der Waals surface area (Å²) in [5.41, 5.74) is 0.719. The first kappa shape index (κ1) is 19.7. The van der Waals surface area contributed by atoms with E-state index in [1.807, 2.05) is 30.3 Å². The van der Waals surface area contributed by atoms with Crippen molar-refractivity contribution in [1.29, 1.82) is 0 Å². The van der Waals surface area contributed by atoms with Gasteiger partial charge < -0.3 is 10.4 Å². The van der Waals surface area contributed by atoms with Crippen molar-refractivity contribution in [3.05, 3.63) is 47.5 Å². The molecule has 152 valence electrons. The highest BCUT2D eigenvalue weighted by Gasteiger charge is 2.55. The van der Waals surface area contributed by atoms with Crippen LogP contribution in [-0.2, 0) is 10.4 Å². The van der Waals surface area contributed by atoms with Crippen molar-refractivity contribution in [2.45, 2.75) is 45.1 Å². The van der Waals surface area contributed by atoms with Crippen LogP contribution >= 0.6 is 0 Å². The molecular formula is C24H34N2O2. The SMILES string of the molecule is CC(C)=CCN1CC2C(CNC(=O)C(O)(c3ccccc3)C3CCCC3)C2C1. The van der Waals surface area contributed by atoms with E-state index in [0.29, 0.717) is 24.3 Å². The number of carbonyl (C=O) groups excluding carboxylic acids is 1. The highest BCUT2D eigenvalue weighted by Crippen LogP contribution is 2.51. The standard InChI is InChI=1S/C24H34N2O2/c1-17(2)12-13-26-15-21-20(22(21)16-26)14-25-23(27)24(28,19-10-6-7-11-19)18-8-4-3-5-9-18/h3-5,8-9,12,19-22,28H,6-7,10-11,13-16H2,1-2H3,(H,25,27). The second kappa shape index (κ2) is 8.00. The predicted octanol–water partition coefficient (Wildman–Crippen LogP) is 3.32. The molecule has 4 nitrogen and oxygen atoms in total. The Hall–Kier alpha value is -1.65. The molecule has 0 spiro atoms. The highest BCUT2D eigenvalue weighted by molar-refractivity contribution is 5.86. The average molecular weight is 383 g/mol. The van der Waals surface area contributed by atoms with E-state index in [1.165, 1.54) is 5.57 Å². The molecule has 28 heavy (non-hydrogen) atoms. The average Bonchev–Trinajstić information content (AvgIpc) is 3.12. The molecule has 0 bridgehead atoms. The molecule has 1 heterocycles. The first-order chi connectivity index (χ1) is 13.5. The Morgan fingerprint density at radius 2 is 1.82 bits per heavy atom. The van der Waals surface area contributed by atoms with Crippen molar-refractivity contribution in [1.82, 2.24) is 10.2 Å². The molecule has 1 saturated heterocycles. The van der Waals surface area contributed by atoms with Gasteiger partial charge in [-0.1, -0.05) is 54.8 Å². The quantitative estimate of drug-likeness (QED) is 0.711. The lowest BCUT2D eigenvalue weighted by Crippen LogP contribution is -2.49. The van der Waals surface area contributed by atoms with Crippen molar-refractivity contribution in [3.63, 3.8) is 0 Å².